The monoisotopic (exact) mass is 404 g/mol. The molecule has 3 rings (SSSR count). The third kappa shape index (κ3) is 3.56. The van der Waals surface area contributed by atoms with Crippen molar-refractivity contribution in [3.8, 4) is 5.88 Å². The Morgan fingerprint density at radius 1 is 1.46 bits per heavy atom. The zero-order valence-electron chi connectivity index (χ0n) is 16.1. The molecule has 1 saturated heterocycles. The van der Waals surface area contributed by atoms with E-state index in [9.17, 15) is 4.79 Å². The highest BCUT2D eigenvalue weighted by molar-refractivity contribution is 6.30. The molecule has 1 fully saturated rings. The van der Waals surface area contributed by atoms with Crippen LogP contribution >= 0.6 is 11.6 Å². The molecule has 28 heavy (non-hydrogen) atoms. The summed E-state index contributed by atoms with van der Waals surface area (Å²) in [5.41, 5.74) is 8.69. The van der Waals surface area contributed by atoms with Crippen molar-refractivity contribution in [3.05, 3.63) is 39.6 Å². The molecule has 0 spiro atoms. The van der Waals surface area contributed by atoms with Gasteiger partial charge < -0.3 is 14.4 Å². The number of halogens is 1. The lowest BCUT2D eigenvalue weighted by atomic mass is 9.91. The van der Waals surface area contributed by atoms with Gasteiger partial charge in [0.15, 0.2) is 0 Å². The molecule has 3 atom stereocenters. The molecule has 2 aromatic heterocycles. The second-order valence-corrected chi connectivity index (χ2v) is 7.38. The highest BCUT2D eigenvalue weighted by atomic mass is 35.5. The summed E-state index contributed by atoms with van der Waals surface area (Å²) < 4.78 is 11.3. The Kier molecular flexibility index (Phi) is 5.60. The van der Waals surface area contributed by atoms with Gasteiger partial charge in [0, 0.05) is 31.3 Å². The number of fused-ring (bicyclic) bond motifs is 1. The second-order valence-electron chi connectivity index (χ2n) is 6.99. The van der Waals surface area contributed by atoms with E-state index in [0.29, 0.717) is 33.9 Å². The molecule has 0 unspecified atom stereocenters. The van der Waals surface area contributed by atoms with Gasteiger partial charge in [0.1, 0.15) is 11.3 Å². The lowest BCUT2D eigenvalue weighted by Crippen LogP contribution is -2.62. The fourth-order valence-electron chi connectivity index (χ4n) is 3.42. The number of hydrogen-bond acceptors (Lipinski definition) is 6. The molecule has 0 bridgehead atoms. The quantitative estimate of drug-likeness (QED) is 0.316. The summed E-state index contributed by atoms with van der Waals surface area (Å²) >= 11 is 6.12. The van der Waals surface area contributed by atoms with Gasteiger partial charge in [-0.25, -0.2) is 9.97 Å². The van der Waals surface area contributed by atoms with Gasteiger partial charge in [-0.1, -0.05) is 16.7 Å². The summed E-state index contributed by atoms with van der Waals surface area (Å²) in [6.07, 6.45) is 3.02. The number of ether oxygens (including phenoxy) is 2. The summed E-state index contributed by atoms with van der Waals surface area (Å²) in [6.45, 7) is 5.90. The minimum absolute atomic E-state index is 0.0126. The lowest BCUT2D eigenvalue weighted by molar-refractivity contribution is -0.144. The van der Waals surface area contributed by atoms with E-state index in [1.807, 2.05) is 6.92 Å². The Labute approximate surface area is 167 Å². The number of likely N-dealkylation sites (tertiary alicyclic amines) is 1. The third-order valence-corrected chi connectivity index (χ3v) is 5.25. The number of hydrogen-bond donors (Lipinski definition) is 0. The Balaban J connectivity index is 2.04. The van der Waals surface area contributed by atoms with Crippen molar-refractivity contribution in [1.29, 1.82) is 0 Å². The van der Waals surface area contributed by atoms with Crippen LogP contribution in [0.15, 0.2) is 23.6 Å². The summed E-state index contributed by atoms with van der Waals surface area (Å²) in [5, 5.41) is 5.58. The van der Waals surface area contributed by atoms with Crippen LogP contribution in [0.1, 0.15) is 26.3 Å². The molecule has 1 aliphatic heterocycles. The maximum atomic E-state index is 11.5. The highest BCUT2D eigenvalue weighted by Crippen LogP contribution is 2.37. The van der Waals surface area contributed by atoms with Gasteiger partial charge in [0.2, 0.25) is 11.8 Å². The average molecular weight is 405 g/mol. The van der Waals surface area contributed by atoms with Crippen molar-refractivity contribution in [2.24, 2.45) is 5.11 Å². The summed E-state index contributed by atoms with van der Waals surface area (Å²) in [6, 6.07) is 1.64. The van der Waals surface area contributed by atoms with Crippen LogP contribution < -0.4 is 4.74 Å². The Hall–Kier alpha value is -2.61. The molecule has 0 N–H and O–H groups in total. The molecule has 1 amide bonds. The number of carbonyl (C=O) groups is 1. The molecule has 1 aliphatic rings. The van der Waals surface area contributed by atoms with E-state index in [2.05, 4.69) is 20.0 Å². The van der Waals surface area contributed by atoms with E-state index < -0.39 is 5.54 Å². The third-order valence-electron chi connectivity index (χ3n) is 5.05. The largest absolute Gasteiger partial charge is 0.470 e. The maximum Gasteiger partial charge on any atom is 0.223 e. The molecule has 9 nitrogen and oxygen atoms in total. The minimum Gasteiger partial charge on any atom is -0.470 e. The van der Waals surface area contributed by atoms with E-state index in [4.69, 9.17) is 26.6 Å². The van der Waals surface area contributed by atoms with E-state index in [-0.39, 0.29) is 24.7 Å². The molecule has 0 radical (unpaired) electrons. The number of pyridine rings is 2. The number of carbonyl (C=O) groups excluding carboxylic acids is 1. The number of azide groups is 1. The van der Waals surface area contributed by atoms with E-state index in [0.717, 1.165) is 0 Å². The molecule has 148 valence electrons. The maximum absolute atomic E-state index is 11.5. The van der Waals surface area contributed by atoms with E-state index in [1.165, 1.54) is 14.0 Å². The molecule has 0 saturated carbocycles. The molecular weight excluding hydrogens is 384 g/mol. The normalized spacial score (nSPS) is 20.8. The van der Waals surface area contributed by atoms with Crippen molar-refractivity contribution in [1.82, 2.24) is 14.9 Å². The minimum atomic E-state index is -0.979. The smallest absolute Gasteiger partial charge is 0.223 e. The van der Waals surface area contributed by atoms with Gasteiger partial charge in [0.05, 0.1) is 30.1 Å². The summed E-state index contributed by atoms with van der Waals surface area (Å²) in [4.78, 5) is 24.8. The van der Waals surface area contributed by atoms with Crippen LogP contribution in [0.25, 0.3) is 21.2 Å². The first-order valence-corrected chi connectivity index (χ1v) is 9.12. The van der Waals surface area contributed by atoms with Crippen molar-refractivity contribution in [2.75, 3.05) is 20.3 Å². The molecule has 0 aliphatic carbocycles. The highest BCUT2D eigenvalue weighted by Gasteiger charge is 2.39. The topological polar surface area (TPSA) is 113 Å². The van der Waals surface area contributed by atoms with Crippen molar-refractivity contribution < 1.29 is 14.3 Å². The molecule has 10 heteroatoms. The second kappa shape index (κ2) is 7.79. The van der Waals surface area contributed by atoms with Crippen molar-refractivity contribution in [3.63, 3.8) is 0 Å². The van der Waals surface area contributed by atoms with Crippen LogP contribution in [-0.2, 0) is 15.1 Å². The van der Waals surface area contributed by atoms with Gasteiger partial charge in [-0.05, 0) is 36.4 Å². The first kappa shape index (κ1) is 20.1. The SMILES string of the molecule is COC[C@@](C)(N=[N+]=[N-])c1cnc(O[C@@H]2CN(C(C)=O)[C@H]2C)c2cnc(Cl)cc12. The zero-order valence-corrected chi connectivity index (χ0v) is 16.8. The fourth-order valence-corrected chi connectivity index (χ4v) is 3.58. The predicted molar refractivity (Wildman–Crippen MR) is 104 cm³/mol. The summed E-state index contributed by atoms with van der Waals surface area (Å²) in [5.74, 6) is 0.405. The van der Waals surface area contributed by atoms with E-state index in [1.54, 1.807) is 30.3 Å². The van der Waals surface area contributed by atoms with Gasteiger partial charge in [-0.15, -0.1) is 0 Å². The first-order valence-electron chi connectivity index (χ1n) is 8.74. The lowest BCUT2D eigenvalue weighted by Gasteiger charge is -2.45. The summed E-state index contributed by atoms with van der Waals surface area (Å²) in [7, 11) is 1.53. The van der Waals surface area contributed by atoms with Gasteiger partial charge in [-0.3, -0.25) is 4.79 Å². The van der Waals surface area contributed by atoms with Gasteiger partial charge in [0.25, 0.3) is 0 Å². The van der Waals surface area contributed by atoms with E-state index >= 15 is 0 Å². The average Bonchev–Trinajstić information content (AvgIpc) is 2.63. The Morgan fingerprint density at radius 2 is 2.21 bits per heavy atom. The van der Waals surface area contributed by atoms with Gasteiger partial charge >= 0.3 is 0 Å². The van der Waals surface area contributed by atoms with Crippen molar-refractivity contribution in [2.45, 2.75) is 38.5 Å². The Morgan fingerprint density at radius 3 is 2.82 bits per heavy atom. The number of aromatic nitrogens is 2. The van der Waals surface area contributed by atoms with Gasteiger partial charge in [-0.2, -0.15) is 0 Å². The van der Waals surface area contributed by atoms with Crippen molar-refractivity contribution >= 4 is 28.3 Å². The Bertz CT molecular complexity index is 964. The number of rotatable bonds is 6. The number of amides is 1. The standard InChI is InChI=1S/C18H21ClN6O3/c1-10-15(8-25(10)11(2)26)28-17-13-6-21-16(19)5-12(13)14(7-22-17)18(3,9-27-4)23-24-20/h5-7,10,15H,8-9H2,1-4H3/t10-,15+,18+/m0/s1. The molecule has 0 aromatic carbocycles. The molecule has 2 aromatic rings. The number of nitrogens with zero attached hydrogens (tertiary/aromatic N) is 6. The molecule has 3 heterocycles. The van der Waals surface area contributed by atoms with Crippen LogP contribution in [0.3, 0.4) is 0 Å². The van der Waals surface area contributed by atoms with Crippen LogP contribution in [0.4, 0.5) is 0 Å². The zero-order chi connectivity index (χ0) is 20.5. The van der Waals surface area contributed by atoms with Crippen LogP contribution in [-0.4, -0.2) is 53.2 Å². The van der Waals surface area contributed by atoms with Crippen LogP contribution in [0, 0.1) is 0 Å². The fraction of sp³-hybridized carbons (Fsp3) is 0.500. The predicted octanol–water partition coefficient (Wildman–Crippen LogP) is 3.45. The first-order chi connectivity index (χ1) is 13.3. The number of methoxy groups -OCH3 is 1. The molecular formula is C18H21ClN6O3. The van der Waals surface area contributed by atoms with Crippen LogP contribution in [0.2, 0.25) is 5.15 Å². The van der Waals surface area contributed by atoms with Crippen LogP contribution in [0.5, 0.6) is 5.88 Å².